The van der Waals surface area contributed by atoms with E-state index in [-0.39, 0.29) is 0 Å². The first-order chi connectivity index (χ1) is 4.85. The van der Waals surface area contributed by atoms with Gasteiger partial charge in [0.25, 0.3) is 0 Å². The van der Waals surface area contributed by atoms with Crippen LogP contribution in [-0.2, 0) is 4.84 Å². The maximum Gasteiger partial charge on any atom is 0.215 e. The van der Waals surface area contributed by atoms with Gasteiger partial charge in [-0.25, -0.2) is 5.48 Å². The lowest BCUT2D eigenvalue weighted by molar-refractivity contribution is 0.0894. The highest BCUT2D eigenvalue weighted by atomic mass is 16.6. The third-order valence-corrected chi connectivity index (χ3v) is 0.849. The molecule has 0 atom stereocenters. The second-order valence-corrected chi connectivity index (χ2v) is 1.56. The van der Waals surface area contributed by atoms with Crippen LogP contribution in [0.15, 0.2) is 4.99 Å². The Morgan fingerprint density at radius 3 is 2.80 bits per heavy atom. The number of nitrogens with one attached hydrogen (secondary N) is 2. The number of hydroxylamine groups is 1. The summed E-state index contributed by atoms with van der Waals surface area (Å²) >= 11 is 0. The largest absolute Gasteiger partial charge is 0.358 e. The van der Waals surface area contributed by atoms with Gasteiger partial charge < -0.3 is 11.1 Å². The van der Waals surface area contributed by atoms with E-state index >= 15 is 0 Å². The van der Waals surface area contributed by atoms with E-state index in [9.17, 15) is 0 Å². The molecule has 0 aliphatic carbocycles. The first kappa shape index (κ1) is 9.19. The lowest BCUT2D eigenvalue weighted by Crippen LogP contribution is -2.35. The van der Waals surface area contributed by atoms with E-state index in [0.29, 0.717) is 19.1 Å². The Bertz CT molecular complexity index is 104. The monoisotopic (exact) mass is 146 g/mol. The minimum atomic E-state index is 0.473. The molecule has 10 heavy (non-hydrogen) atoms. The van der Waals surface area contributed by atoms with E-state index in [4.69, 9.17) is 10.6 Å². The second kappa shape index (κ2) is 6.31. The molecule has 0 aliphatic heterocycles. The van der Waals surface area contributed by atoms with Crippen molar-refractivity contribution in [1.82, 2.24) is 10.8 Å². The Morgan fingerprint density at radius 2 is 2.40 bits per heavy atom. The first-order valence-electron chi connectivity index (χ1n) is 3.07. The molecule has 0 radical (unpaired) electrons. The summed E-state index contributed by atoms with van der Waals surface area (Å²) in [5.41, 5.74) is 7.75. The standard InChI is InChI=1S/C5H14N4O/c1-7-5(8-2)9-10-4-3-6/h3-4,6H2,1-2H3,(H2,7,8,9). The Hall–Kier alpha value is -0.810. The summed E-state index contributed by atoms with van der Waals surface area (Å²) < 4.78 is 0. The summed E-state index contributed by atoms with van der Waals surface area (Å²) in [5, 5.41) is 2.78. The van der Waals surface area contributed by atoms with Crippen LogP contribution in [0.3, 0.4) is 0 Å². The van der Waals surface area contributed by atoms with Gasteiger partial charge in [0.15, 0.2) is 0 Å². The molecule has 0 heterocycles. The fourth-order valence-corrected chi connectivity index (χ4v) is 0.387. The molecule has 60 valence electrons. The highest BCUT2D eigenvalue weighted by Crippen LogP contribution is 1.65. The van der Waals surface area contributed by atoms with Crippen molar-refractivity contribution in [3.63, 3.8) is 0 Å². The average Bonchev–Trinajstić information content (AvgIpc) is 1.99. The Morgan fingerprint density at radius 1 is 1.70 bits per heavy atom. The fraction of sp³-hybridized carbons (Fsp3) is 0.800. The maximum absolute atomic E-state index is 5.17. The van der Waals surface area contributed by atoms with Gasteiger partial charge in [-0.1, -0.05) is 0 Å². The van der Waals surface area contributed by atoms with Crippen molar-refractivity contribution in [2.24, 2.45) is 10.7 Å². The molecule has 0 fully saturated rings. The molecule has 5 nitrogen and oxygen atoms in total. The number of rotatable bonds is 3. The zero-order chi connectivity index (χ0) is 7.82. The van der Waals surface area contributed by atoms with Gasteiger partial charge in [-0.2, -0.15) is 0 Å². The quantitative estimate of drug-likeness (QED) is 0.200. The molecule has 0 aromatic carbocycles. The third-order valence-electron chi connectivity index (χ3n) is 0.849. The van der Waals surface area contributed by atoms with Crippen molar-refractivity contribution in [2.45, 2.75) is 0 Å². The minimum absolute atomic E-state index is 0.473. The van der Waals surface area contributed by atoms with Gasteiger partial charge in [-0.3, -0.25) is 9.83 Å². The average molecular weight is 146 g/mol. The normalized spacial score (nSPS) is 11.3. The molecule has 0 unspecified atom stereocenters. The van der Waals surface area contributed by atoms with Gasteiger partial charge >= 0.3 is 0 Å². The van der Waals surface area contributed by atoms with E-state index in [1.165, 1.54) is 0 Å². The molecule has 0 rings (SSSR count). The van der Waals surface area contributed by atoms with Crippen molar-refractivity contribution in [2.75, 3.05) is 27.2 Å². The molecule has 0 aromatic heterocycles. The van der Waals surface area contributed by atoms with Crippen LogP contribution in [-0.4, -0.2) is 33.2 Å². The van der Waals surface area contributed by atoms with Crippen LogP contribution in [0.2, 0.25) is 0 Å². The van der Waals surface area contributed by atoms with Crippen LogP contribution in [0.4, 0.5) is 0 Å². The highest BCUT2D eigenvalue weighted by Gasteiger charge is 1.89. The van der Waals surface area contributed by atoms with Crippen LogP contribution in [0, 0.1) is 0 Å². The Labute approximate surface area is 60.6 Å². The smallest absolute Gasteiger partial charge is 0.215 e. The molecule has 0 spiro atoms. The second-order valence-electron chi connectivity index (χ2n) is 1.56. The van der Waals surface area contributed by atoms with Crippen molar-refractivity contribution in [1.29, 1.82) is 0 Å². The SMILES string of the molecule is CN=C(NC)NOCCN. The Balaban J connectivity index is 3.27. The summed E-state index contributed by atoms with van der Waals surface area (Å²) in [4.78, 5) is 8.67. The molecule has 0 aliphatic rings. The summed E-state index contributed by atoms with van der Waals surface area (Å²) in [7, 11) is 3.41. The summed E-state index contributed by atoms with van der Waals surface area (Å²) in [6, 6.07) is 0. The summed E-state index contributed by atoms with van der Waals surface area (Å²) in [6.07, 6.45) is 0. The van der Waals surface area contributed by atoms with Crippen LogP contribution >= 0.6 is 0 Å². The van der Waals surface area contributed by atoms with E-state index in [1.807, 2.05) is 0 Å². The predicted molar refractivity (Wildman–Crippen MR) is 40.6 cm³/mol. The zero-order valence-electron chi connectivity index (χ0n) is 6.35. The summed E-state index contributed by atoms with van der Waals surface area (Å²) in [5.74, 6) is 0.591. The van der Waals surface area contributed by atoms with Crippen molar-refractivity contribution >= 4 is 5.96 Å². The molecular weight excluding hydrogens is 132 g/mol. The third kappa shape index (κ3) is 4.11. The van der Waals surface area contributed by atoms with Crippen LogP contribution in [0.5, 0.6) is 0 Å². The van der Waals surface area contributed by atoms with Gasteiger partial charge in [0.05, 0.1) is 6.61 Å². The van der Waals surface area contributed by atoms with E-state index in [1.54, 1.807) is 14.1 Å². The summed E-state index contributed by atoms with van der Waals surface area (Å²) in [6.45, 7) is 0.967. The Kier molecular flexibility index (Phi) is 5.80. The molecule has 0 bridgehead atoms. The molecule has 0 aromatic rings. The minimum Gasteiger partial charge on any atom is -0.358 e. The highest BCUT2D eigenvalue weighted by molar-refractivity contribution is 5.78. The van der Waals surface area contributed by atoms with E-state index in [0.717, 1.165) is 0 Å². The first-order valence-corrected chi connectivity index (χ1v) is 3.07. The molecule has 4 N–H and O–H groups in total. The van der Waals surface area contributed by atoms with Crippen LogP contribution in [0.1, 0.15) is 0 Å². The van der Waals surface area contributed by atoms with E-state index < -0.39 is 0 Å². The van der Waals surface area contributed by atoms with Crippen LogP contribution < -0.4 is 16.5 Å². The van der Waals surface area contributed by atoms with Gasteiger partial charge in [0, 0.05) is 20.6 Å². The molecule has 0 amide bonds. The molecule has 5 heteroatoms. The number of aliphatic imine (C=N–C) groups is 1. The zero-order valence-corrected chi connectivity index (χ0v) is 6.35. The fourth-order valence-electron chi connectivity index (χ4n) is 0.387. The van der Waals surface area contributed by atoms with Gasteiger partial charge in [-0.15, -0.1) is 0 Å². The predicted octanol–water partition coefficient (Wildman–Crippen LogP) is -1.33. The number of hydrogen-bond donors (Lipinski definition) is 3. The number of guanidine groups is 1. The number of nitrogens with two attached hydrogens (primary N) is 1. The lowest BCUT2D eigenvalue weighted by Gasteiger charge is -2.06. The van der Waals surface area contributed by atoms with Gasteiger partial charge in [0.1, 0.15) is 0 Å². The maximum atomic E-state index is 5.17. The molecular formula is C5H14N4O. The van der Waals surface area contributed by atoms with Gasteiger partial charge in [-0.05, 0) is 0 Å². The van der Waals surface area contributed by atoms with Crippen molar-refractivity contribution < 1.29 is 4.84 Å². The van der Waals surface area contributed by atoms with Crippen molar-refractivity contribution in [3.05, 3.63) is 0 Å². The molecule has 0 saturated carbocycles. The van der Waals surface area contributed by atoms with Crippen LogP contribution in [0.25, 0.3) is 0 Å². The number of nitrogens with zero attached hydrogens (tertiary/aromatic N) is 1. The topological polar surface area (TPSA) is 71.7 Å². The number of hydrogen-bond acceptors (Lipinski definition) is 3. The van der Waals surface area contributed by atoms with E-state index in [2.05, 4.69) is 15.8 Å². The lowest BCUT2D eigenvalue weighted by atomic mass is 10.7. The van der Waals surface area contributed by atoms with Crippen molar-refractivity contribution in [3.8, 4) is 0 Å². The van der Waals surface area contributed by atoms with Gasteiger partial charge in [0.2, 0.25) is 5.96 Å². The molecule has 0 saturated heterocycles.